The van der Waals surface area contributed by atoms with Crippen LogP contribution in [-0.2, 0) is 37.3 Å². The number of ether oxygens (including phenoxy) is 6. The Labute approximate surface area is 284 Å². The number of nitrogens with zero attached hydrogens (tertiary/aromatic N) is 2. The molecule has 13 nitrogen and oxygen atoms in total. The number of nitrogens with one attached hydrogen (secondary N) is 1. The van der Waals surface area contributed by atoms with Gasteiger partial charge in [-0.3, -0.25) is 0 Å². The minimum absolute atomic E-state index is 0.0106. The molecule has 0 radical (unpaired) electrons. The zero-order valence-corrected chi connectivity index (χ0v) is 28.7. The zero-order chi connectivity index (χ0) is 33.8. The molecule has 0 aliphatic carbocycles. The van der Waals surface area contributed by atoms with E-state index in [1.807, 2.05) is 50.4 Å². The van der Waals surface area contributed by atoms with Crippen LogP contribution in [0.1, 0.15) is 36.5 Å². The summed E-state index contributed by atoms with van der Waals surface area (Å²) >= 11 is 1.56. The number of aliphatic hydroxyl groups excluding tert-OH is 1. The monoisotopic (exact) mass is 703 g/mol. The number of fused-ring (bicyclic) bond motifs is 2. The average molecular weight is 704 g/mol. The summed E-state index contributed by atoms with van der Waals surface area (Å²) in [7, 11) is -4.07. The Bertz CT molecular complexity index is 1670. The number of amides is 1. The molecule has 3 unspecified atom stereocenters. The number of hydrogen-bond donors (Lipinski definition) is 2. The molecule has 1 aromatic heterocycles. The number of thiazole rings is 1. The lowest BCUT2D eigenvalue weighted by Crippen LogP contribution is -2.51. The fraction of sp³-hybridized carbons (Fsp3) is 0.515. The van der Waals surface area contributed by atoms with E-state index >= 15 is 0 Å². The van der Waals surface area contributed by atoms with Crippen LogP contribution in [0.15, 0.2) is 52.7 Å². The first-order valence-corrected chi connectivity index (χ1v) is 18.3. The maximum absolute atomic E-state index is 13.9. The smallest absolute Gasteiger partial charge is 0.407 e. The molecule has 2 aromatic carbocycles. The summed E-state index contributed by atoms with van der Waals surface area (Å²) in [6.45, 7) is 6.68. The van der Waals surface area contributed by atoms with Crippen LogP contribution in [0.4, 0.5) is 4.79 Å². The van der Waals surface area contributed by atoms with Gasteiger partial charge in [-0.25, -0.2) is 18.2 Å². The van der Waals surface area contributed by atoms with Crippen molar-refractivity contribution < 1.29 is 46.7 Å². The first-order valence-electron chi connectivity index (χ1n) is 16.0. The van der Waals surface area contributed by atoms with Crippen LogP contribution >= 0.6 is 11.3 Å². The number of aromatic nitrogens is 1. The van der Waals surface area contributed by atoms with E-state index in [9.17, 15) is 18.3 Å². The zero-order valence-electron chi connectivity index (χ0n) is 27.1. The Morgan fingerprint density at radius 2 is 1.92 bits per heavy atom. The highest BCUT2D eigenvalue weighted by Gasteiger charge is 2.44. The molecule has 6 rings (SSSR count). The van der Waals surface area contributed by atoms with Crippen molar-refractivity contribution in [1.29, 1.82) is 0 Å². The predicted molar refractivity (Wildman–Crippen MR) is 174 cm³/mol. The van der Waals surface area contributed by atoms with E-state index in [1.54, 1.807) is 17.4 Å². The molecule has 2 saturated heterocycles. The highest BCUT2D eigenvalue weighted by Crippen LogP contribution is 2.35. The lowest BCUT2D eigenvalue weighted by Gasteiger charge is -2.31. The van der Waals surface area contributed by atoms with Crippen LogP contribution in [0.2, 0.25) is 0 Å². The number of aliphatic hydroxyl groups is 1. The lowest BCUT2D eigenvalue weighted by atomic mass is 10.0. The number of carbonyl (C=O) groups excluding carboxylic acids is 1. The van der Waals surface area contributed by atoms with E-state index in [0.717, 1.165) is 16.3 Å². The Kier molecular flexibility index (Phi) is 10.7. The van der Waals surface area contributed by atoms with Gasteiger partial charge in [-0.05, 0) is 55.5 Å². The van der Waals surface area contributed by atoms with Crippen LogP contribution in [0.3, 0.4) is 0 Å². The molecular formula is C33H41N3O10S2. The molecule has 260 valence electrons. The van der Waals surface area contributed by atoms with Crippen molar-refractivity contribution in [3.63, 3.8) is 0 Å². The van der Waals surface area contributed by atoms with Gasteiger partial charge in [-0.2, -0.15) is 4.31 Å². The van der Waals surface area contributed by atoms with Crippen molar-refractivity contribution >= 4 is 27.5 Å². The number of sulfonamides is 1. The quantitative estimate of drug-likeness (QED) is 0.252. The SMILES string of the molecule is Cc1nc(COc2ccc(C[C@H](NC(=O)OC3COC4OCCC34)[C@H](O)CN(CC(C)C)S(=O)(=O)c3ccc4c(c3)OCO4)cc2)cs1. The van der Waals surface area contributed by atoms with E-state index in [1.165, 1.54) is 16.4 Å². The van der Waals surface area contributed by atoms with Gasteiger partial charge in [0.05, 0.1) is 46.9 Å². The molecule has 0 spiro atoms. The molecule has 5 atom stereocenters. The molecule has 3 aliphatic rings. The normalized spacial score (nSPS) is 21.3. The van der Waals surface area contributed by atoms with Crippen molar-refractivity contribution in [2.45, 2.75) is 69.7 Å². The van der Waals surface area contributed by atoms with Gasteiger partial charge in [0, 0.05) is 24.5 Å². The van der Waals surface area contributed by atoms with Gasteiger partial charge in [-0.15, -0.1) is 11.3 Å². The predicted octanol–water partition coefficient (Wildman–Crippen LogP) is 3.87. The van der Waals surface area contributed by atoms with Gasteiger partial charge < -0.3 is 38.8 Å². The van der Waals surface area contributed by atoms with E-state index in [4.69, 9.17) is 28.4 Å². The van der Waals surface area contributed by atoms with Gasteiger partial charge >= 0.3 is 6.09 Å². The third-order valence-electron chi connectivity index (χ3n) is 8.38. The Morgan fingerprint density at radius 3 is 2.67 bits per heavy atom. The molecule has 2 fully saturated rings. The van der Waals surface area contributed by atoms with E-state index in [-0.39, 0.29) is 49.6 Å². The Hall–Kier alpha value is -3.47. The summed E-state index contributed by atoms with van der Waals surface area (Å²) in [4.78, 5) is 17.7. The van der Waals surface area contributed by atoms with Crippen molar-refractivity contribution in [3.05, 3.63) is 64.1 Å². The van der Waals surface area contributed by atoms with Crippen molar-refractivity contribution in [2.24, 2.45) is 11.8 Å². The van der Waals surface area contributed by atoms with Crippen LogP contribution in [0.5, 0.6) is 17.2 Å². The minimum atomic E-state index is -4.07. The molecule has 2 N–H and O–H groups in total. The number of aryl methyl sites for hydroxylation is 1. The van der Waals surface area contributed by atoms with Crippen LogP contribution in [0.25, 0.3) is 0 Å². The van der Waals surface area contributed by atoms with Gasteiger partial charge in [0.25, 0.3) is 0 Å². The summed E-state index contributed by atoms with van der Waals surface area (Å²) in [6.07, 6.45) is -2.00. The van der Waals surface area contributed by atoms with E-state index in [0.29, 0.717) is 36.9 Å². The number of carbonyl (C=O) groups is 1. The molecule has 0 saturated carbocycles. The van der Waals surface area contributed by atoms with Gasteiger partial charge in [0.1, 0.15) is 18.5 Å². The molecular weight excluding hydrogens is 663 g/mol. The van der Waals surface area contributed by atoms with Gasteiger partial charge in [-0.1, -0.05) is 26.0 Å². The second kappa shape index (κ2) is 15.0. The second-order valence-corrected chi connectivity index (χ2v) is 15.5. The van der Waals surface area contributed by atoms with Gasteiger partial charge in [0.2, 0.25) is 16.8 Å². The third-order valence-corrected chi connectivity index (χ3v) is 11.0. The molecule has 0 bridgehead atoms. The fourth-order valence-electron chi connectivity index (χ4n) is 5.96. The highest BCUT2D eigenvalue weighted by molar-refractivity contribution is 7.89. The first-order chi connectivity index (χ1) is 23.0. The molecule has 15 heteroatoms. The number of rotatable bonds is 14. The summed E-state index contributed by atoms with van der Waals surface area (Å²) in [5.41, 5.74) is 1.64. The van der Waals surface area contributed by atoms with Crippen molar-refractivity contribution in [1.82, 2.24) is 14.6 Å². The molecule has 3 aliphatic heterocycles. The minimum Gasteiger partial charge on any atom is -0.487 e. The largest absolute Gasteiger partial charge is 0.487 e. The maximum atomic E-state index is 13.9. The number of alkyl carbamates (subject to hydrolysis) is 1. The number of benzene rings is 2. The van der Waals surface area contributed by atoms with Gasteiger partial charge in [0.15, 0.2) is 17.8 Å². The van der Waals surface area contributed by atoms with Crippen molar-refractivity contribution in [2.75, 3.05) is 33.1 Å². The van der Waals surface area contributed by atoms with E-state index in [2.05, 4.69) is 10.3 Å². The topological polar surface area (TPSA) is 155 Å². The molecule has 48 heavy (non-hydrogen) atoms. The number of hydrogen-bond acceptors (Lipinski definition) is 12. The summed E-state index contributed by atoms with van der Waals surface area (Å²) < 4.78 is 62.6. The van der Waals surface area contributed by atoms with Crippen molar-refractivity contribution in [3.8, 4) is 17.2 Å². The second-order valence-electron chi connectivity index (χ2n) is 12.5. The lowest BCUT2D eigenvalue weighted by molar-refractivity contribution is -0.0907. The molecule has 4 heterocycles. The third kappa shape index (κ3) is 8.21. The summed E-state index contributed by atoms with van der Waals surface area (Å²) in [5, 5.41) is 17.4. The standard InChI is InChI=1S/C33H41N3O10S2/c1-20(2)14-36(48(39,40)25-8-9-29-30(13-25)45-19-44-29)15-28(37)27(35-33(38)46-31-17-43-32-26(31)10-11-41-32)12-22-4-6-24(7-5-22)42-16-23-18-47-21(3)34-23/h4-9,13,18,20,26-28,31-32,37H,10-12,14-17,19H2,1-3H3,(H,35,38)/t26?,27-,28+,31?,32?/m0/s1. The van der Waals surface area contributed by atoms with Crippen LogP contribution < -0.4 is 19.5 Å². The van der Waals surface area contributed by atoms with Crippen LogP contribution in [0, 0.1) is 18.8 Å². The van der Waals surface area contributed by atoms with E-state index < -0.39 is 40.7 Å². The Balaban J connectivity index is 1.18. The fourth-order valence-corrected chi connectivity index (χ4v) is 8.20. The highest BCUT2D eigenvalue weighted by atomic mass is 32.2. The first kappa shape index (κ1) is 34.4. The summed E-state index contributed by atoms with van der Waals surface area (Å²) in [6, 6.07) is 10.8. The average Bonchev–Trinajstić information content (AvgIpc) is 3.86. The molecule has 3 aromatic rings. The summed E-state index contributed by atoms with van der Waals surface area (Å²) in [5.74, 6) is 1.32. The Morgan fingerprint density at radius 1 is 1.12 bits per heavy atom. The van der Waals surface area contributed by atoms with Crippen LogP contribution in [-0.4, -0.2) is 86.5 Å². The molecule has 1 amide bonds. The maximum Gasteiger partial charge on any atom is 0.407 e.